The zero-order valence-corrected chi connectivity index (χ0v) is 13.3. The van der Waals surface area contributed by atoms with Gasteiger partial charge in [0, 0.05) is 19.6 Å². The van der Waals surface area contributed by atoms with E-state index < -0.39 is 0 Å². The second-order valence-electron chi connectivity index (χ2n) is 4.51. The molecular weight excluding hydrogens is 341 g/mol. The summed E-state index contributed by atoms with van der Waals surface area (Å²) in [6.07, 6.45) is 3.42. The van der Waals surface area contributed by atoms with Crippen LogP contribution in [0.4, 0.5) is 5.82 Å². The number of halogens is 1. The van der Waals surface area contributed by atoms with Crippen LogP contribution in [-0.4, -0.2) is 23.6 Å². The molecule has 4 nitrogen and oxygen atoms in total. The molecule has 1 aromatic rings. The molecule has 0 saturated heterocycles. The molecule has 100 valence electrons. The number of ether oxygens (including phenoxy) is 1. The van der Waals surface area contributed by atoms with Crippen molar-refractivity contribution in [3.63, 3.8) is 0 Å². The molecule has 1 fully saturated rings. The summed E-state index contributed by atoms with van der Waals surface area (Å²) < 4.78 is 6.88. The molecule has 1 aliphatic rings. The molecule has 1 aliphatic carbocycles. The van der Waals surface area contributed by atoms with Gasteiger partial charge in [0.1, 0.15) is 11.9 Å². The van der Waals surface area contributed by atoms with E-state index in [-0.39, 0.29) is 6.10 Å². The predicted molar refractivity (Wildman–Crippen MR) is 80.9 cm³/mol. The second kappa shape index (κ2) is 6.14. The molecule has 5 heteroatoms. The lowest BCUT2D eigenvalue weighted by Gasteiger charge is -2.17. The zero-order valence-electron chi connectivity index (χ0n) is 11.2. The molecule has 1 N–H and O–H groups in total. The first-order valence-corrected chi connectivity index (χ1v) is 7.65. The summed E-state index contributed by atoms with van der Waals surface area (Å²) in [5, 5.41) is 3.17. The van der Waals surface area contributed by atoms with Gasteiger partial charge in [0.2, 0.25) is 0 Å². The predicted octanol–water partition coefficient (Wildman–Crippen LogP) is 3.49. The highest BCUT2D eigenvalue weighted by molar-refractivity contribution is 14.1. The molecule has 0 spiro atoms. The minimum atomic E-state index is 0.0107. The molecule has 0 amide bonds. The van der Waals surface area contributed by atoms with Gasteiger partial charge >= 0.3 is 0 Å². The molecule has 1 atom stereocenters. The minimum absolute atomic E-state index is 0.0107. The molecule has 1 heterocycles. The van der Waals surface area contributed by atoms with Crippen LogP contribution in [0.3, 0.4) is 0 Å². The van der Waals surface area contributed by atoms with E-state index in [0.29, 0.717) is 12.5 Å². The Morgan fingerprint density at radius 3 is 2.61 bits per heavy atom. The third-order valence-corrected chi connectivity index (χ3v) is 4.19. The summed E-state index contributed by atoms with van der Waals surface area (Å²) in [4.78, 5) is 9.35. The first kappa shape index (κ1) is 14.0. The van der Waals surface area contributed by atoms with Gasteiger partial charge in [0.15, 0.2) is 5.82 Å². The van der Waals surface area contributed by atoms with Crippen molar-refractivity contribution in [2.45, 2.75) is 45.1 Å². The molecule has 0 aromatic carbocycles. The number of nitrogens with one attached hydrogen (secondary N) is 1. The largest absolute Gasteiger partial charge is 0.372 e. The van der Waals surface area contributed by atoms with E-state index in [1.54, 1.807) is 0 Å². The normalized spacial score (nSPS) is 16.7. The lowest BCUT2D eigenvalue weighted by Crippen LogP contribution is -2.13. The van der Waals surface area contributed by atoms with Crippen LogP contribution in [0.5, 0.6) is 0 Å². The van der Waals surface area contributed by atoms with Gasteiger partial charge in [-0.25, -0.2) is 9.97 Å². The van der Waals surface area contributed by atoms with Crippen LogP contribution >= 0.6 is 22.6 Å². The molecule has 1 saturated carbocycles. The molecule has 0 radical (unpaired) electrons. The Bertz CT molecular complexity index is 421. The molecule has 18 heavy (non-hydrogen) atoms. The average Bonchev–Trinajstić information content (AvgIpc) is 3.20. The van der Waals surface area contributed by atoms with E-state index in [0.717, 1.165) is 21.6 Å². The molecule has 1 unspecified atom stereocenters. The average molecular weight is 361 g/mol. The van der Waals surface area contributed by atoms with Crippen molar-refractivity contribution in [1.82, 2.24) is 9.97 Å². The topological polar surface area (TPSA) is 47.0 Å². The Kier molecular flexibility index (Phi) is 4.77. The van der Waals surface area contributed by atoms with Crippen molar-refractivity contribution in [3.05, 3.63) is 15.1 Å². The van der Waals surface area contributed by atoms with Gasteiger partial charge in [-0.15, -0.1) is 0 Å². The maximum Gasteiger partial charge on any atom is 0.159 e. The molecule has 1 aromatic heterocycles. The molecule has 0 aliphatic heterocycles. The van der Waals surface area contributed by atoms with Crippen molar-refractivity contribution < 1.29 is 4.74 Å². The Hall–Kier alpha value is -0.430. The highest BCUT2D eigenvalue weighted by Crippen LogP contribution is 2.42. The van der Waals surface area contributed by atoms with Crippen LogP contribution in [0.15, 0.2) is 0 Å². The van der Waals surface area contributed by atoms with Gasteiger partial charge in [-0.3, -0.25) is 0 Å². The van der Waals surface area contributed by atoms with Gasteiger partial charge in [0.05, 0.1) is 9.26 Å². The Balaban J connectivity index is 2.37. The van der Waals surface area contributed by atoms with Crippen LogP contribution in [0, 0.1) is 3.57 Å². The Morgan fingerprint density at radius 2 is 2.11 bits per heavy atom. The molecular formula is C13H20IN3O. The van der Waals surface area contributed by atoms with Crippen LogP contribution in [0.2, 0.25) is 0 Å². The summed E-state index contributed by atoms with van der Waals surface area (Å²) in [5.74, 6) is 2.39. The van der Waals surface area contributed by atoms with Crippen molar-refractivity contribution in [1.29, 1.82) is 0 Å². The first-order chi connectivity index (χ1) is 8.71. The lowest BCUT2D eigenvalue weighted by atomic mass is 10.2. The SMILES string of the molecule is CCOC(CC)c1nc(NC)c(I)c(C2CC2)n1. The summed E-state index contributed by atoms with van der Waals surface area (Å²) in [6.45, 7) is 4.81. The molecule has 0 bridgehead atoms. The van der Waals surface area contributed by atoms with Gasteiger partial charge < -0.3 is 10.1 Å². The summed E-state index contributed by atoms with van der Waals surface area (Å²) >= 11 is 2.34. The van der Waals surface area contributed by atoms with Crippen LogP contribution in [-0.2, 0) is 4.74 Å². The minimum Gasteiger partial charge on any atom is -0.372 e. The number of anilines is 1. The van der Waals surface area contributed by atoms with Gasteiger partial charge in [-0.05, 0) is 48.8 Å². The maximum absolute atomic E-state index is 5.72. The summed E-state index contributed by atoms with van der Waals surface area (Å²) in [7, 11) is 1.91. The highest BCUT2D eigenvalue weighted by Gasteiger charge is 2.30. The third kappa shape index (κ3) is 2.93. The van der Waals surface area contributed by atoms with Crippen molar-refractivity contribution >= 4 is 28.4 Å². The number of hydrogen-bond donors (Lipinski definition) is 1. The second-order valence-corrected chi connectivity index (χ2v) is 5.58. The van der Waals surface area contributed by atoms with Gasteiger partial charge in [0.25, 0.3) is 0 Å². The fourth-order valence-electron chi connectivity index (χ4n) is 2.00. The Labute approximate surface area is 122 Å². The fourth-order valence-corrected chi connectivity index (χ4v) is 2.95. The zero-order chi connectivity index (χ0) is 13.1. The first-order valence-electron chi connectivity index (χ1n) is 6.57. The lowest BCUT2D eigenvalue weighted by molar-refractivity contribution is 0.0534. The van der Waals surface area contributed by atoms with E-state index >= 15 is 0 Å². The van der Waals surface area contributed by atoms with Gasteiger partial charge in [-0.2, -0.15) is 0 Å². The Morgan fingerprint density at radius 1 is 1.39 bits per heavy atom. The van der Waals surface area contributed by atoms with E-state index in [1.165, 1.54) is 18.5 Å². The smallest absolute Gasteiger partial charge is 0.159 e. The number of hydrogen-bond acceptors (Lipinski definition) is 4. The number of aromatic nitrogens is 2. The maximum atomic E-state index is 5.72. The van der Waals surface area contributed by atoms with Gasteiger partial charge in [-0.1, -0.05) is 6.92 Å². The third-order valence-electron chi connectivity index (χ3n) is 3.12. The van der Waals surface area contributed by atoms with Crippen molar-refractivity contribution in [2.75, 3.05) is 19.0 Å². The number of nitrogens with zero attached hydrogens (tertiary/aromatic N) is 2. The summed E-state index contributed by atoms with van der Waals surface area (Å²) in [6, 6.07) is 0. The fraction of sp³-hybridized carbons (Fsp3) is 0.692. The van der Waals surface area contributed by atoms with E-state index in [2.05, 4.69) is 39.8 Å². The highest BCUT2D eigenvalue weighted by atomic mass is 127. The standard InChI is InChI=1S/C13H20IN3O/c1-4-9(18-5-2)12-16-11(8-6-7-8)10(14)13(15-3)17-12/h8-9H,4-7H2,1-3H3,(H,15,16,17). The summed E-state index contributed by atoms with van der Waals surface area (Å²) in [5.41, 5.74) is 1.20. The monoisotopic (exact) mass is 361 g/mol. The van der Waals surface area contributed by atoms with Crippen LogP contribution in [0.1, 0.15) is 56.7 Å². The van der Waals surface area contributed by atoms with Crippen molar-refractivity contribution in [3.8, 4) is 0 Å². The van der Waals surface area contributed by atoms with E-state index in [1.807, 2.05) is 14.0 Å². The van der Waals surface area contributed by atoms with Crippen LogP contribution < -0.4 is 5.32 Å². The van der Waals surface area contributed by atoms with Crippen LogP contribution in [0.25, 0.3) is 0 Å². The molecule has 2 rings (SSSR count). The van der Waals surface area contributed by atoms with E-state index in [4.69, 9.17) is 9.72 Å². The van der Waals surface area contributed by atoms with E-state index in [9.17, 15) is 0 Å². The number of rotatable bonds is 6. The quantitative estimate of drug-likeness (QED) is 0.788. The van der Waals surface area contributed by atoms with Crippen molar-refractivity contribution in [2.24, 2.45) is 0 Å².